The highest BCUT2D eigenvalue weighted by molar-refractivity contribution is 7.85. The van der Waals surface area contributed by atoms with Gasteiger partial charge < -0.3 is 0 Å². The van der Waals surface area contributed by atoms with E-state index in [9.17, 15) is 74.3 Å². The average molecular weight is 683 g/mol. The van der Waals surface area contributed by atoms with Gasteiger partial charge in [0.1, 0.15) is 0 Å². The van der Waals surface area contributed by atoms with Crippen LogP contribution >= 0.6 is 10.5 Å². The zero-order chi connectivity index (χ0) is 32.9. The molecule has 1 N–H and O–H groups in total. The second-order valence-corrected chi connectivity index (χ2v) is 11.8. The van der Waals surface area contributed by atoms with Crippen molar-refractivity contribution >= 4 is 40.8 Å². The van der Waals surface area contributed by atoms with Gasteiger partial charge in [0.2, 0.25) is 0 Å². The normalized spacial score (nSPS) is 16.0. The summed E-state index contributed by atoms with van der Waals surface area (Å²) in [5.74, 6) is -50.9. The maximum Gasteiger partial charge on any atom is 0.503 e. The van der Waals surface area contributed by atoms with E-state index in [0.29, 0.717) is 18.2 Å². The van der Waals surface area contributed by atoms with Crippen LogP contribution in [0.15, 0.2) is 47.4 Å². The zero-order valence-electron chi connectivity index (χ0n) is 19.0. The van der Waals surface area contributed by atoms with Crippen LogP contribution < -0.4 is 0 Å². The Morgan fingerprint density at radius 3 is 1.38 bits per heavy atom. The molecule has 0 saturated heterocycles. The number of benzene rings is 2. The third-order valence-electron chi connectivity index (χ3n) is 5.82. The number of thiophene rings is 1. The van der Waals surface area contributed by atoms with Gasteiger partial charge in [-0.2, -0.15) is 74.3 Å². The van der Waals surface area contributed by atoms with Crippen LogP contribution in [0, 0.1) is 0 Å². The minimum Gasteiger partial charge on any atom is -0.282 e. The molecule has 0 spiro atoms. The third-order valence-corrected chi connectivity index (χ3v) is 9.01. The maximum atomic E-state index is 15.3. The van der Waals surface area contributed by atoms with Crippen LogP contribution in [0.3, 0.4) is 0 Å². The van der Waals surface area contributed by atoms with E-state index in [1.54, 1.807) is 0 Å². The summed E-state index contributed by atoms with van der Waals surface area (Å²) in [6, 6.07) is 4.10. The molecule has 3 nitrogen and oxygen atoms in total. The van der Waals surface area contributed by atoms with E-state index >= 15 is 8.78 Å². The molecule has 0 aliphatic heterocycles. The van der Waals surface area contributed by atoms with Gasteiger partial charge in [0, 0.05) is 16.8 Å². The zero-order valence-corrected chi connectivity index (χ0v) is 20.7. The lowest BCUT2D eigenvalue weighted by Gasteiger charge is -2.41. The molecule has 3 aromatic rings. The maximum absolute atomic E-state index is 15.3. The number of hydrogen-bond acceptors (Lipinski definition) is 2. The molecule has 1 aromatic heterocycles. The molecule has 1 unspecified atom stereocenters. The molecule has 3 rings (SSSR count). The van der Waals surface area contributed by atoms with E-state index in [0.717, 1.165) is 18.2 Å². The van der Waals surface area contributed by atoms with Gasteiger partial charge in [-0.05, 0) is 24.3 Å². The molecule has 1 heterocycles. The molecule has 0 fully saturated rings. The fraction of sp³-hybridized carbons (Fsp3) is 0.400. The van der Waals surface area contributed by atoms with Gasteiger partial charge in [0.05, 0.1) is 15.4 Å². The van der Waals surface area contributed by atoms with Crippen molar-refractivity contribution in [2.75, 3.05) is 0 Å². The van der Waals surface area contributed by atoms with Crippen molar-refractivity contribution in [1.82, 2.24) is 0 Å². The first-order valence-corrected chi connectivity index (χ1v) is 12.8. The Kier molecular flexibility index (Phi) is 7.41. The molecule has 0 saturated carbocycles. The lowest BCUT2D eigenvalue weighted by atomic mass is 9.91. The Labute approximate surface area is 223 Å². The average Bonchev–Trinajstić information content (AvgIpc) is 3.16. The van der Waals surface area contributed by atoms with Crippen LogP contribution in [-0.4, -0.2) is 54.7 Å². The van der Waals surface area contributed by atoms with Crippen molar-refractivity contribution in [3.8, 4) is 0 Å². The van der Waals surface area contributed by atoms with Crippen LogP contribution in [0.25, 0.3) is 20.2 Å². The number of fused-ring (bicyclic) bond motifs is 3. The number of halogens is 17. The smallest absolute Gasteiger partial charge is 0.282 e. The first-order valence-electron chi connectivity index (χ1n) is 10.1. The summed E-state index contributed by atoms with van der Waals surface area (Å²) in [6.45, 7) is 0. The van der Waals surface area contributed by atoms with Gasteiger partial charge in [-0.15, -0.1) is 8.78 Å². The molecule has 42 heavy (non-hydrogen) atoms. The lowest BCUT2D eigenvalue weighted by molar-refractivity contribution is -0.460. The summed E-state index contributed by atoms with van der Waals surface area (Å²) in [6.07, 6.45) is -7.86. The molecule has 0 aliphatic rings. The molecular formula is C20H8F17O3S2+. The molecule has 1 atom stereocenters. The topological polar surface area (TPSA) is 54.4 Å². The predicted octanol–water partition coefficient (Wildman–Crippen LogP) is 8.91. The van der Waals surface area contributed by atoms with Gasteiger partial charge in [0.15, 0.2) is 9.40 Å². The lowest BCUT2D eigenvalue weighted by Crippen LogP contribution is -2.73. The molecular weight excluding hydrogens is 675 g/mol. The van der Waals surface area contributed by atoms with Gasteiger partial charge >= 0.3 is 47.0 Å². The quantitative estimate of drug-likeness (QED) is 0.147. The molecule has 2 aromatic carbocycles. The highest BCUT2D eigenvalue weighted by atomic mass is 32.2. The summed E-state index contributed by atoms with van der Waals surface area (Å²) in [5, 5.41) is -8.07. The summed E-state index contributed by atoms with van der Waals surface area (Å²) in [4.78, 5) is -1.36. The van der Waals surface area contributed by atoms with E-state index in [2.05, 4.69) is 0 Å². The molecule has 0 radical (unpaired) electrons. The van der Waals surface area contributed by atoms with Gasteiger partial charge in [-0.25, -0.2) is 0 Å². The minimum absolute atomic E-state index is 0.0132. The first-order chi connectivity index (χ1) is 18.4. The third kappa shape index (κ3) is 4.21. The van der Waals surface area contributed by atoms with Crippen LogP contribution in [0.5, 0.6) is 0 Å². The summed E-state index contributed by atoms with van der Waals surface area (Å²) in [7, 11) is -9.47. The minimum atomic E-state index is -8.77. The fourth-order valence-corrected chi connectivity index (χ4v) is 6.60. The summed E-state index contributed by atoms with van der Waals surface area (Å²) in [5.41, 5.74) is 0. The van der Waals surface area contributed by atoms with E-state index in [4.69, 9.17) is 4.55 Å². The Bertz CT molecular complexity index is 1640. The molecule has 22 heteroatoms. The standard InChI is InChI=1S/C20H7F17O3S2/c21-13(22,15(25,26)17(29,30)19(33,34)35)14(23,24)16(27,28)18(31,32)20(36,37)41-11-4-2-1-3-9(11)10-6-5-8(7-12(10)41)42(38,39)40/h1-7H/p+1. The number of hydrogen-bond donors (Lipinski definition) is 1. The van der Waals surface area contributed by atoms with E-state index in [-0.39, 0.29) is 6.07 Å². The SMILES string of the molecule is O=S(=O)(O)c1ccc2c3ccccc3[s+](C(F)(F)C(F)(F)C(F)(F)C(F)(F)C(F)(F)C(F)(F)C(F)(F)C(F)(F)F)c2c1. The van der Waals surface area contributed by atoms with Crippen molar-refractivity contribution in [1.29, 1.82) is 0 Å². The van der Waals surface area contributed by atoms with Crippen LogP contribution in [0.2, 0.25) is 0 Å². The van der Waals surface area contributed by atoms with Gasteiger partial charge in [0.25, 0.3) is 10.1 Å². The van der Waals surface area contributed by atoms with Crippen LogP contribution in [0.4, 0.5) is 74.6 Å². The summed E-state index contributed by atoms with van der Waals surface area (Å²) < 4.78 is 264. The highest BCUT2D eigenvalue weighted by Crippen LogP contribution is 2.68. The number of rotatable bonds is 8. The van der Waals surface area contributed by atoms with Crippen LogP contribution in [0.1, 0.15) is 0 Å². The summed E-state index contributed by atoms with van der Waals surface area (Å²) >= 11 is 0. The molecule has 0 bridgehead atoms. The Morgan fingerprint density at radius 1 is 0.524 bits per heavy atom. The Hall–Kier alpha value is -2.62. The van der Waals surface area contributed by atoms with Crippen molar-refractivity contribution < 1.29 is 87.6 Å². The predicted molar refractivity (Wildman–Crippen MR) is 110 cm³/mol. The second-order valence-electron chi connectivity index (χ2n) is 8.40. The van der Waals surface area contributed by atoms with Gasteiger partial charge in [-0.3, -0.25) is 4.55 Å². The van der Waals surface area contributed by atoms with Crippen molar-refractivity contribution in [2.24, 2.45) is 0 Å². The second kappa shape index (κ2) is 9.19. The molecule has 236 valence electrons. The van der Waals surface area contributed by atoms with Crippen LogP contribution in [-0.2, 0) is 15.4 Å². The van der Waals surface area contributed by atoms with E-state index in [1.165, 1.54) is 0 Å². The van der Waals surface area contributed by atoms with Crippen molar-refractivity contribution in [3.63, 3.8) is 0 Å². The Morgan fingerprint density at radius 2 is 0.929 bits per heavy atom. The first kappa shape index (κ1) is 33.9. The fourth-order valence-electron chi connectivity index (χ4n) is 3.59. The number of alkyl halides is 17. The van der Waals surface area contributed by atoms with Gasteiger partial charge in [-0.1, -0.05) is 12.1 Å². The van der Waals surface area contributed by atoms with Crippen molar-refractivity contribution in [3.05, 3.63) is 42.5 Å². The van der Waals surface area contributed by atoms with E-state index in [1.807, 2.05) is 0 Å². The largest absolute Gasteiger partial charge is 0.503 e. The van der Waals surface area contributed by atoms with E-state index < -0.39 is 92.6 Å². The molecule has 0 amide bonds. The molecule has 0 aliphatic carbocycles. The highest BCUT2D eigenvalue weighted by Gasteiger charge is 2.96. The van der Waals surface area contributed by atoms with Crippen molar-refractivity contribution in [2.45, 2.75) is 51.9 Å². The monoisotopic (exact) mass is 683 g/mol. The Balaban J connectivity index is 2.35.